The number of aromatic nitrogens is 1. The summed E-state index contributed by atoms with van der Waals surface area (Å²) >= 11 is 11.8. The fourth-order valence-corrected chi connectivity index (χ4v) is 2.26. The Bertz CT molecular complexity index is 617. The minimum absolute atomic E-state index is 0.154. The smallest absolute Gasteiger partial charge is 0.373 e. The zero-order chi connectivity index (χ0) is 14.7. The zero-order valence-electron chi connectivity index (χ0n) is 10.9. The molecule has 0 aromatic carbocycles. The quantitative estimate of drug-likeness (QED) is 0.688. The van der Waals surface area contributed by atoms with Crippen molar-refractivity contribution < 1.29 is 13.9 Å². The normalized spacial score (nSPS) is 10.4. The number of hydrogen-bond acceptors (Lipinski definition) is 5. The van der Waals surface area contributed by atoms with Crippen LogP contribution in [0, 0.1) is 6.92 Å². The van der Waals surface area contributed by atoms with Crippen molar-refractivity contribution in [3.63, 3.8) is 0 Å². The highest BCUT2D eigenvalue weighted by molar-refractivity contribution is 6.34. The molecule has 0 aliphatic heterocycles. The van der Waals surface area contributed by atoms with E-state index < -0.39 is 5.97 Å². The summed E-state index contributed by atoms with van der Waals surface area (Å²) in [5.41, 5.74) is 1.54. The Morgan fingerprint density at radius 1 is 1.45 bits per heavy atom. The summed E-state index contributed by atoms with van der Waals surface area (Å²) in [4.78, 5) is 15.2. The molecule has 20 heavy (non-hydrogen) atoms. The van der Waals surface area contributed by atoms with E-state index in [1.165, 1.54) is 7.11 Å². The summed E-state index contributed by atoms with van der Waals surface area (Å²) in [6, 6.07) is 4.95. The van der Waals surface area contributed by atoms with Crippen LogP contribution in [0.2, 0.25) is 10.3 Å². The number of nitrogens with zero attached hydrogens (tertiary/aromatic N) is 1. The van der Waals surface area contributed by atoms with Crippen molar-refractivity contribution in [2.75, 3.05) is 12.4 Å². The fourth-order valence-electron chi connectivity index (χ4n) is 1.67. The van der Waals surface area contributed by atoms with Crippen LogP contribution < -0.4 is 5.32 Å². The van der Waals surface area contributed by atoms with Gasteiger partial charge in [0.25, 0.3) is 0 Å². The molecular formula is C13H12Cl2N2O3. The Balaban J connectivity index is 2.09. The van der Waals surface area contributed by atoms with Crippen LogP contribution in [0.5, 0.6) is 0 Å². The third-order valence-electron chi connectivity index (χ3n) is 2.63. The predicted octanol–water partition coefficient (Wildman–Crippen LogP) is 3.69. The fraction of sp³-hybridized carbons (Fsp3) is 0.231. The second-order valence-electron chi connectivity index (χ2n) is 4.04. The maximum Gasteiger partial charge on any atom is 0.373 e. The molecule has 2 aromatic rings. The first-order valence-corrected chi connectivity index (χ1v) is 6.50. The van der Waals surface area contributed by atoms with Gasteiger partial charge in [-0.1, -0.05) is 23.2 Å². The first-order valence-electron chi connectivity index (χ1n) is 5.75. The van der Waals surface area contributed by atoms with E-state index >= 15 is 0 Å². The van der Waals surface area contributed by atoms with Gasteiger partial charge in [-0.05, 0) is 30.7 Å². The molecule has 0 aliphatic rings. The number of hydrogen-bond donors (Lipinski definition) is 1. The molecule has 2 aromatic heterocycles. The molecule has 0 atom stereocenters. The number of carbonyl (C=O) groups is 1. The molecule has 0 amide bonds. The van der Waals surface area contributed by atoms with Crippen LogP contribution in [0.25, 0.3) is 0 Å². The lowest BCUT2D eigenvalue weighted by molar-refractivity contribution is 0.0563. The Morgan fingerprint density at radius 2 is 2.20 bits per heavy atom. The van der Waals surface area contributed by atoms with Crippen molar-refractivity contribution in [2.24, 2.45) is 0 Å². The molecule has 2 heterocycles. The molecule has 0 unspecified atom stereocenters. The lowest BCUT2D eigenvalue weighted by Crippen LogP contribution is -2.02. The molecule has 106 valence electrons. The predicted molar refractivity (Wildman–Crippen MR) is 76.4 cm³/mol. The molecule has 5 nitrogen and oxygen atoms in total. The van der Waals surface area contributed by atoms with Gasteiger partial charge in [0.1, 0.15) is 10.9 Å². The number of aryl methyl sites for hydroxylation is 1. The highest BCUT2D eigenvalue weighted by Crippen LogP contribution is 2.27. The number of pyridine rings is 1. The summed E-state index contributed by atoms with van der Waals surface area (Å²) in [5.74, 6) is 0.218. The van der Waals surface area contributed by atoms with Gasteiger partial charge in [0.05, 0.1) is 19.3 Å². The number of halogens is 2. The number of nitrogens with one attached hydrogen (secondary N) is 1. The third kappa shape index (κ3) is 3.23. The topological polar surface area (TPSA) is 64.4 Å². The van der Waals surface area contributed by atoms with E-state index in [1.54, 1.807) is 18.2 Å². The van der Waals surface area contributed by atoms with E-state index in [0.717, 1.165) is 5.56 Å². The van der Waals surface area contributed by atoms with E-state index in [2.05, 4.69) is 15.0 Å². The average molecular weight is 315 g/mol. The third-order valence-corrected chi connectivity index (χ3v) is 3.10. The number of ether oxygens (including phenoxy) is 1. The molecule has 0 radical (unpaired) electrons. The number of esters is 1. The Kier molecular flexibility index (Phi) is 4.52. The van der Waals surface area contributed by atoms with Gasteiger partial charge in [0, 0.05) is 0 Å². The molecule has 0 fully saturated rings. The number of methoxy groups -OCH3 is 1. The first-order chi connectivity index (χ1) is 9.51. The van der Waals surface area contributed by atoms with Crippen LogP contribution in [0.4, 0.5) is 5.69 Å². The summed E-state index contributed by atoms with van der Waals surface area (Å²) in [6.45, 7) is 2.23. The summed E-state index contributed by atoms with van der Waals surface area (Å²) in [7, 11) is 1.30. The minimum Gasteiger partial charge on any atom is -0.463 e. The van der Waals surface area contributed by atoms with E-state index in [4.69, 9.17) is 27.6 Å². The van der Waals surface area contributed by atoms with Crippen molar-refractivity contribution in [3.05, 3.63) is 45.6 Å². The molecule has 0 saturated heterocycles. The molecule has 0 saturated carbocycles. The standard InChI is InChI=1S/C13H12Cl2N2O3/c1-7-5-10(14)17-12(15)11(7)16-6-8-3-4-9(20-8)13(18)19-2/h3-5,16H,6H2,1-2H3. The molecule has 0 bridgehead atoms. The van der Waals surface area contributed by atoms with Gasteiger partial charge in [0.15, 0.2) is 5.15 Å². The van der Waals surface area contributed by atoms with E-state index in [-0.39, 0.29) is 10.9 Å². The van der Waals surface area contributed by atoms with Crippen molar-refractivity contribution in [1.82, 2.24) is 4.98 Å². The van der Waals surface area contributed by atoms with Gasteiger partial charge in [-0.3, -0.25) is 0 Å². The lowest BCUT2D eigenvalue weighted by Gasteiger charge is -2.10. The molecule has 7 heteroatoms. The number of rotatable bonds is 4. The first kappa shape index (κ1) is 14.7. The molecular weight excluding hydrogens is 303 g/mol. The number of carbonyl (C=O) groups excluding carboxylic acids is 1. The largest absolute Gasteiger partial charge is 0.463 e. The van der Waals surface area contributed by atoms with Gasteiger partial charge < -0.3 is 14.5 Å². The maximum absolute atomic E-state index is 11.3. The van der Waals surface area contributed by atoms with Gasteiger partial charge >= 0.3 is 5.97 Å². The SMILES string of the molecule is COC(=O)c1ccc(CNc2c(C)cc(Cl)nc2Cl)o1. The van der Waals surface area contributed by atoms with Crippen LogP contribution in [0.3, 0.4) is 0 Å². The molecule has 1 N–H and O–H groups in total. The summed E-state index contributed by atoms with van der Waals surface area (Å²) < 4.78 is 9.90. The second kappa shape index (κ2) is 6.15. The summed E-state index contributed by atoms with van der Waals surface area (Å²) in [5, 5.41) is 3.72. The Labute approximate surface area is 125 Å². The van der Waals surface area contributed by atoms with Crippen LogP contribution in [0.1, 0.15) is 21.9 Å². The van der Waals surface area contributed by atoms with Crippen molar-refractivity contribution in [2.45, 2.75) is 13.5 Å². The van der Waals surface area contributed by atoms with Crippen LogP contribution in [-0.4, -0.2) is 18.1 Å². The molecule has 0 aliphatic carbocycles. The van der Waals surface area contributed by atoms with Crippen molar-refractivity contribution in [3.8, 4) is 0 Å². The van der Waals surface area contributed by atoms with Gasteiger partial charge in [-0.25, -0.2) is 9.78 Å². The Hall–Kier alpha value is -1.72. The van der Waals surface area contributed by atoms with Crippen LogP contribution in [0.15, 0.2) is 22.6 Å². The van der Waals surface area contributed by atoms with Gasteiger partial charge in [-0.15, -0.1) is 0 Å². The lowest BCUT2D eigenvalue weighted by atomic mass is 10.2. The summed E-state index contributed by atoms with van der Waals surface area (Å²) in [6.07, 6.45) is 0. The van der Waals surface area contributed by atoms with E-state index in [1.807, 2.05) is 6.92 Å². The van der Waals surface area contributed by atoms with Crippen molar-refractivity contribution in [1.29, 1.82) is 0 Å². The molecule has 2 rings (SSSR count). The van der Waals surface area contributed by atoms with Gasteiger partial charge in [-0.2, -0.15) is 0 Å². The molecule has 0 spiro atoms. The van der Waals surface area contributed by atoms with E-state index in [0.29, 0.717) is 23.1 Å². The van der Waals surface area contributed by atoms with Crippen molar-refractivity contribution >= 4 is 34.9 Å². The Morgan fingerprint density at radius 3 is 2.85 bits per heavy atom. The van der Waals surface area contributed by atoms with Crippen LogP contribution in [-0.2, 0) is 11.3 Å². The van der Waals surface area contributed by atoms with E-state index in [9.17, 15) is 4.79 Å². The number of furan rings is 1. The highest BCUT2D eigenvalue weighted by Gasteiger charge is 2.12. The zero-order valence-corrected chi connectivity index (χ0v) is 12.4. The average Bonchev–Trinajstić information content (AvgIpc) is 2.85. The highest BCUT2D eigenvalue weighted by atomic mass is 35.5. The maximum atomic E-state index is 11.3. The van der Waals surface area contributed by atoms with Crippen LogP contribution >= 0.6 is 23.2 Å². The second-order valence-corrected chi connectivity index (χ2v) is 4.78. The van der Waals surface area contributed by atoms with Gasteiger partial charge in [0.2, 0.25) is 5.76 Å². The minimum atomic E-state index is -0.515. The monoisotopic (exact) mass is 314 g/mol. The number of anilines is 1.